The van der Waals surface area contributed by atoms with Gasteiger partial charge in [-0.15, -0.1) is 0 Å². The molecule has 0 aliphatic heterocycles. The van der Waals surface area contributed by atoms with E-state index in [9.17, 15) is 9.59 Å². The molecule has 0 aliphatic rings. The van der Waals surface area contributed by atoms with Crippen LogP contribution in [0.4, 0.5) is 0 Å². The van der Waals surface area contributed by atoms with Crippen molar-refractivity contribution in [3.05, 3.63) is 97.9 Å². The topological polar surface area (TPSA) is 78.9 Å². The van der Waals surface area contributed by atoms with Gasteiger partial charge >= 0.3 is 5.97 Å². The van der Waals surface area contributed by atoms with Crippen molar-refractivity contribution in [3.63, 3.8) is 0 Å². The third-order valence-corrected chi connectivity index (χ3v) is 5.81. The van der Waals surface area contributed by atoms with Gasteiger partial charge in [-0.05, 0) is 64.5 Å². The lowest BCUT2D eigenvalue weighted by Crippen LogP contribution is -2.08. The maximum Gasteiger partial charge on any atom is 0.379 e. The maximum atomic E-state index is 12.8. The first-order chi connectivity index (χ1) is 15.5. The first-order valence-electron chi connectivity index (χ1n) is 9.37. The molecule has 3 aromatic carbocycles. The molecule has 0 saturated carbocycles. The van der Waals surface area contributed by atoms with Crippen molar-refractivity contribution in [3.8, 4) is 17.2 Å². The number of rotatable bonds is 4. The summed E-state index contributed by atoms with van der Waals surface area (Å²) < 4.78 is 23.8. The molecule has 32 heavy (non-hydrogen) atoms. The summed E-state index contributed by atoms with van der Waals surface area (Å²) in [5.74, 6) is 0.154. The molecular weight excluding hydrogens is 544 g/mol. The molecule has 8 heteroatoms. The minimum absolute atomic E-state index is 0.0441. The van der Waals surface area contributed by atoms with E-state index in [-0.39, 0.29) is 28.3 Å². The molecule has 0 N–H and O–H groups in total. The fourth-order valence-corrected chi connectivity index (χ4v) is 3.89. The first-order valence-corrected chi connectivity index (χ1v) is 11.0. The van der Waals surface area contributed by atoms with Crippen LogP contribution in [0.1, 0.15) is 10.6 Å². The van der Waals surface area contributed by atoms with Crippen LogP contribution in [0.2, 0.25) is 0 Å². The quantitative estimate of drug-likeness (QED) is 0.174. The zero-order valence-corrected chi connectivity index (χ0v) is 19.3. The zero-order valence-electron chi connectivity index (χ0n) is 16.1. The van der Waals surface area contributed by atoms with Crippen LogP contribution in [-0.2, 0) is 0 Å². The molecule has 5 aromatic rings. The van der Waals surface area contributed by atoms with E-state index in [1.807, 2.05) is 18.2 Å². The molecule has 6 nitrogen and oxygen atoms in total. The fraction of sp³-hybridized carbons (Fsp3) is 0. The van der Waals surface area contributed by atoms with Crippen LogP contribution in [0.25, 0.3) is 21.9 Å². The molecule has 2 aromatic heterocycles. The number of carbonyl (C=O) groups is 1. The van der Waals surface area contributed by atoms with Crippen molar-refractivity contribution in [2.24, 2.45) is 0 Å². The first kappa shape index (κ1) is 20.5. The molecule has 0 saturated heterocycles. The summed E-state index contributed by atoms with van der Waals surface area (Å²) in [4.78, 5) is 25.3. The Hall–Kier alpha value is -3.36. The highest BCUT2D eigenvalue weighted by Gasteiger charge is 2.17. The molecule has 0 amide bonds. The third-order valence-electron chi connectivity index (χ3n) is 4.66. The van der Waals surface area contributed by atoms with Gasteiger partial charge in [0, 0.05) is 15.9 Å². The molecule has 0 aliphatic carbocycles. The molecule has 158 valence electrons. The second-order valence-electron chi connectivity index (χ2n) is 6.80. The largest absolute Gasteiger partial charge is 0.460 e. The second kappa shape index (κ2) is 8.29. The van der Waals surface area contributed by atoms with Gasteiger partial charge in [-0.3, -0.25) is 4.79 Å². The number of benzene rings is 3. The van der Waals surface area contributed by atoms with E-state index in [1.165, 1.54) is 24.5 Å². The molecule has 0 atom stereocenters. The lowest BCUT2D eigenvalue weighted by atomic mass is 10.2. The Labute approximate surface area is 197 Å². The summed E-state index contributed by atoms with van der Waals surface area (Å²) in [5, 5.41) is 1.07. The van der Waals surface area contributed by atoms with Gasteiger partial charge in [0.25, 0.3) is 0 Å². The molecule has 0 unspecified atom stereocenters. The molecule has 0 spiro atoms. The number of ether oxygens (including phenoxy) is 2. The molecule has 0 fully saturated rings. The summed E-state index contributed by atoms with van der Waals surface area (Å²) in [5.41, 5.74) is 0.485. The maximum absolute atomic E-state index is 12.8. The van der Waals surface area contributed by atoms with Gasteiger partial charge in [-0.1, -0.05) is 28.1 Å². The van der Waals surface area contributed by atoms with E-state index >= 15 is 0 Å². The third kappa shape index (κ3) is 3.94. The van der Waals surface area contributed by atoms with Crippen molar-refractivity contribution in [2.75, 3.05) is 0 Å². The Kier molecular flexibility index (Phi) is 5.32. The van der Waals surface area contributed by atoms with Crippen LogP contribution >= 0.6 is 31.9 Å². The average Bonchev–Trinajstić information content (AvgIpc) is 3.20. The number of carbonyl (C=O) groups excluding carboxylic acids is 1. The minimum Gasteiger partial charge on any atom is -0.460 e. The Morgan fingerprint density at radius 1 is 0.875 bits per heavy atom. The van der Waals surface area contributed by atoms with Crippen LogP contribution in [0, 0.1) is 0 Å². The van der Waals surface area contributed by atoms with Gasteiger partial charge in [-0.2, -0.15) is 0 Å². The summed E-state index contributed by atoms with van der Waals surface area (Å²) in [6, 6.07) is 18.7. The Morgan fingerprint density at radius 2 is 1.72 bits per heavy atom. The lowest BCUT2D eigenvalue weighted by molar-refractivity contribution is 0.0704. The van der Waals surface area contributed by atoms with E-state index in [0.29, 0.717) is 21.2 Å². The highest BCUT2D eigenvalue weighted by Crippen LogP contribution is 2.30. The number of para-hydroxylation sites is 1. The van der Waals surface area contributed by atoms with Crippen LogP contribution < -0.4 is 14.9 Å². The van der Waals surface area contributed by atoms with Crippen molar-refractivity contribution in [1.29, 1.82) is 0 Å². The summed E-state index contributed by atoms with van der Waals surface area (Å²) in [6.45, 7) is 0. The number of fused-ring (bicyclic) bond motifs is 2. The normalized spacial score (nSPS) is 11.1. The summed E-state index contributed by atoms with van der Waals surface area (Å²) in [7, 11) is 0. The Bertz CT molecular complexity index is 1550. The molecular formula is C24H12Br2O6. The van der Waals surface area contributed by atoms with Crippen molar-refractivity contribution < 1.29 is 23.1 Å². The number of hydrogen-bond acceptors (Lipinski definition) is 6. The molecule has 0 bridgehead atoms. The highest BCUT2D eigenvalue weighted by molar-refractivity contribution is 9.10. The van der Waals surface area contributed by atoms with E-state index < -0.39 is 5.97 Å². The lowest BCUT2D eigenvalue weighted by Gasteiger charge is -2.08. The van der Waals surface area contributed by atoms with Crippen molar-refractivity contribution in [1.82, 2.24) is 0 Å². The highest BCUT2D eigenvalue weighted by atomic mass is 79.9. The van der Waals surface area contributed by atoms with Gasteiger partial charge in [0.2, 0.25) is 16.9 Å². The van der Waals surface area contributed by atoms with Crippen LogP contribution in [0.5, 0.6) is 17.2 Å². The van der Waals surface area contributed by atoms with Gasteiger partial charge in [0.15, 0.2) is 0 Å². The predicted molar refractivity (Wildman–Crippen MR) is 126 cm³/mol. The van der Waals surface area contributed by atoms with E-state index in [0.717, 1.165) is 9.86 Å². The number of halogens is 2. The van der Waals surface area contributed by atoms with Crippen molar-refractivity contribution in [2.45, 2.75) is 0 Å². The van der Waals surface area contributed by atoms with Gasteiger partial charge in [0.1, 0.15) is 28.9 Å². The number of furan rings is 1. The smallest absolute Gasteiger partial charge is 0.379 e. The summed E-state index contributed by atoms with van der Waals surface area (Å²) in [6.07, 6.45) is 1.23. The molecule has 2 heterocycles. The average molecular weight is 556 g/mol. The number of hydrogen-bond donors (Lipinski definition) is 0. The second-order valence-corrected chi connectivity index (χ2v) is 8.57. The predicted octanol–water partition coefficient (Wildman–Crippen LogP) is 7.08. The van der Waals surface area contributed by atoms with Gasteiger partial charge in [0.05, 0.1) is 9.86 Å². The Morgan fingerprint density at radius 3 is 2.56 bits per heavy atom. The SMILES string of the molecule is O=C(Oc1ccc2c(=O)c(Oc3ccccc3Br)coc2c1)c1cc2cc(Br)ccc2o1. The molecule has 5 rings (SSSR count). The minimum atomic E-state index is -0.659. The van der Waals surface area contributed by atoms with Crippen molar-refractivity contribution >= 4 is 59.8 Å². The van der Waals surface area contributed by atoms with Crippen LogP contribution in [-0.4, -0.2) is 5.97 Å². The van der Waals surface area contributed by atoms with E-state index in [2.05, 4.69) is 31.9 Å². The standard InChI is InChI=1S/C24H12Br2O6/c25-14-5-8-18-13(9-14)10-21(31-18)24(28)30-15-6-7-16-20(11-15)29-12-22(23(16)27)32-19-4-2-1-3-17(19)26/h1-12H. The van der Waals surface area contributed by atoms with E-state index in [4.69, 9.17) is 18.3 Å². The monoisotopic (exact) mass is 554 g/mol. The fourth-order valence-electron chi connectivity index (χ4n) is 3.14. The van der Waals surface area contributed by atoms with Crippen LogP contribution in [0.3, 0.4) is 0 Å². The summed E-state index contributed by atoms with van der Waals surface area (Å²) >= 11 is 6.76. The van der Waals surface area contributed by atoms with Gasteiger partial charge in [-0.25, -0.2) is 4.79 Å². The molecule has 0 radical (unpaired) electrons. The zero-order chi connectivity index (χ0) is 22.2. The van der Waals surface area contributed by atoms with Crippen LogP contribution in [0.15, 0.2) is 95.6 Å². The Balaban J connectivity index is 1.41. The van der Waals surface area contributed by atoms with Gasteiger partial charge < -0.3 is 18.3 Å². The number of esters is 1. The van der Waals surface area contributed by atoms with E-state index in [1.54, 1.807) is 30.3 Å².